The number of furan rings is 1. The summed E-state index contributed by atoms with van der Waals surface area (Å²) in [4.78, 5) is 0. The topological polar surface area (TPSA) is 52.2 Å². The minimum absolute atomic E-state index is 0.638. The zero-order chi connectivity index (χ0) is 15.0. The summed E-state index contributed by atoms with van der Waals surface area (Å²) in [7, 11) is 3.57. The van der Waals surface area contributed by atoms with Gasteiger partial charge in [0.05, 0.1) is 24.9 Å². The Hall–Kier alpha value is -1.75. The standard InChI is InChI=1S/C16H23N3O2/c1-10-7-13(10)15-6-5-12(21-15)8-17-9-14-11(2)18-19(3)16(14)20-4/h5-6,10,13,17H,7-9H2,1-4H3. The fourth-order valence-electron chi connectivity index (χ4n) is 2.86. The van der Waals surface area contributed by atoms with Gasteiger partial charge in [0, 0.05) is 19.5 Å². The molecule has 5 heteroatoms. The lowest BCUT2D eigenvalue weighted by Crippen LogP contribution is -2.13. The Bertz CT molecular complexity index is 630. The number of methoxy groups -OCH3 is 1. The maximum absolute atomic E-state index is 5.89. The Balaban J connectivity index is 1.57. The molecule has 0 amide bonds. The van der Waals surface area contributed by atoms with Gasteiger partial charge in [-0.2, -0.15) is 5.10 Å². The van der Waals surface area contributed by atoms with Crippen molar-refractivity contribution in [2.75, 3.05) is 7.11 Å². The van der Waals surface area contributed by atoms with E-state index >= 15 is 0 Å². The van der Waals surface area contributed by atoms with Gasteiger partial charge in [-0.05, 0) is 31.4 Å². The third kappa shape index (κ3) is 2.83. The summed E-state index contributed by atoms with van der Waals surface area (Å²) < 4.78 is 13.1. The van der Waals surface area contributed by atoms with Crippen LogP contribution in [0.5, 0.6) is 5.88 Å². The molecule has 0 saturated heterocycles. The summed E-state index contributed by atoms with van der Waals surface area (Å²) in [5.74, 6) is 4.35. The molecule has 1 N–H and O–H groups in total. The van der Waals surface area contributed by atoms with Gasteiger partial charge in [-0.25, -0.2) is 4.68 Å². The second kappa shape index (κ2) is 5.56. The number of hydrogen-bond donors (Lipinski definition) is 1. The van der Waals surface area contributed by atoms with Crippen molar-refractivity contribution in [2.24, 2.45) is 13.0 Å². The minimum Gasteiger partial charge on any atom is -0.481 e. The highest BCUT2D eigenvalue weighted by Crippen LogP contribution is 2.47. The molecule has 2 unspecified atom stereocenters. The predicted octanol–water partition coefficient (Wildman–Crippen LogP) is 2.74. The molecule has 2 heterocycles. The molecule has 5 nitrogen and oxygen atoms in total. The maximum atomic E-state index is 5.89. The lowest BCUT2D eigenvalue weighted by molar-refractivity contribution is 0.367. The molecule has 0 spiro atoms. The Labute approximate surface area is 125 Å². The van der Waals surface area contributed by atoms with Crippen molar-refractivity contribution in [1.29, 1.82) is 0 Å². The van der Waals surface area contributed by atoms with Gasteiger partial charge in [0.2, 0.25) is 5.88 Å². The van der Waals surface area contributed by atoms with Gasteiger partial charge in [-0.3, -0.25) is 0 Å². The predicted molar refractivity (Wildman–Crippen MR) is 80.3 cm³/mol. The van der Waals surface area contributed by atoms with Crippen LogP contribution in [-0.4, -0.2) is 16.9 Å². The van der Waals surface area contributed by atoms with E-state index in [4.69, 9.17) is 9.15 Å². The number of rotatable bonds is 6. The van der Waals surface area contributed by atoms with Crippen LogP contribution < -0.4 is 10.1 Å². The molecule has 2 atom stereocenters. The zero-order valence-electron chi connectivity index (χ0n) is 13.1. The van der Waals surface area contributed by atoms with E-state index in [1.165, 1.54) is 6.42 Å². The van der Waals surface area contributed by atoms with Crippen LogP contribution in [0.4, 0.5) is 0 Å². The third-order valence-electron chi connectivity index (χ3n) is 4.24. The van der Waals surface area contributed by atoms with Crippen LogP contribution >= 0.6 is 0 Å². The second-order valence-electron chi connectivity index (χ2n) is 5.92. The number of nitrogens with zero attached hydrogens (tertiary/aromatic N) is 2. The van der Waals surface area contributed by atoms with Gasteiger partial charge >= 0.3 is 0 Å². The van der Waals surface area contributed by atoms with Gasteiger partial charge in [-0.1, -0.05) is 6.92 Å². The summed E-state index contributed by atoms with van der Waals surface area (Å²) in [6.45, 7) is 5.71. The molecule has 1 aliphatic rings. The van der Waals surface area contributed by atoms with Crippen LogP contribution in [0.25, 0.3) is 0 Å². The third-order valence-corrected chi connectivity index (χ3v) is 4.24. The van der Waals surface area contributed by atoms with Gasteiger partial charge in [-0.15, -0.1) is 0 Å². The molecule has 0 radical (unpaired) electrons. The first-order valence-electron chi connectivity index (χ1n) is 7.46. The average Bonchev–Trinajstić information content (AvgIpc) is 2.89. The lowest BCUT2D eigenvalue weighted by Gasteiger charge is -2.06. The van der Waals surface area contributed by atoms with Gasteiger partial charge in [0.25, 0.3) is 0 Å². The summed E-state index contributed by atoms with van der Waals surface area (Å²) in [5, 5.41) is 7.78. The van der Waals surface area contributed by atoms with Crippen LogP contribution in [-0.2, 0) is 20.1 Å². The molecular weight excluding hydrogens is 266 g/mol. The SMILES string of the molecule is COc1c(CNCc2ccc(C3CC3C)o2)c(C)nn1C. The normalized spacial score (nSPS) is 20.8. The molecule has 2 aromatic heterocycles. The van der Waals surface area contributed by atoms with Crippen molar-refractivity contribution < 1.29 is 9.15 Å². The average molecular weight is 289 g/mol. The molecule has 114 valence electrons. The van der Waals surface area contributed by atoms with Crippen LogP contribution in [0.2, 0.25) is 0 Å². The Morgan fingerprint density at radius 2 is 2.19 bits per heavy atom. The fraction of sp³-hybridized carbons (Fsp3) is 0.562. The van der Waals surface area contributed by atoms with Crippen LogP contribution in [0, 0.1) is 12.8 Å². The van der Waals surface area contributed by atoms with E-state index in [9.17, 15) is 0 Å². The summed E-state index contributed by atoms with van der Waals surface area (Å²) in [6.07, 6.45) is 1.26. The molecule has 0 bridgehead atoms. The monoisotopic (exact) mass is 289 g/mol. The molecule has 1 fully saturated rings. The first-order valence-corrected chi connectivity index (χ1v) is 7.46. The second-order valence-corrected chi connectivity index (χ2v) is 5.92. The van der Waals surface area contributed by atoms with Crippen molar-refractivity contribution in [3.05, 3.63) is 34.9 Å². The number of aromatic nitrogens is 2. The Morgan fingerprint density at radius 1 is 1.43 bits per heavy atom. The van der Waals surface area contributed by atoms with E-state index in [-0.39, 0.29) is 0 Å². The van der Waals surface area contributed by atoms with Crippen LogP contribution in [0.3, 0.4) is 0 Å². The van der Waals surface area contributed by atoms with Crippen molar-refractivity contribution >= 4 is 0 Å². The molecule has 21 heavy (non-hydrogen) atoms. The molecule has 2 aromatic rings. The van der Waals surface area contributed by atoms with Crippen LogP contribution in [0.1, 0.15) is 42.0 Å². The quantitative estimate of drug-likeness (QED) is 0.888. The molecule has 1 saturated carbocycles. The highest BCUT2D eigenvalue weighted by Gasteiger charge is 2.36. The van der Waals surface area contributed by atoms with E-state index in [2.05, 4.69) is 29.5 Å². The van der Waals surface area contributed by atoms with E-state index in [0.29, 0.717) is 5.92 Å². The maximum Gasteiger partial charge on any atom is 0.216 e. The first kappa shape index (κ1) is 14.2. The van der Waals surface area contributed by atoms with Crippen molar-refractivity contribution in [3.63, 3.8) is 0 Å². The molecular formula is C16H23N3O2. The van der Waals surface area contributed by atoms with Crippen molar-refractivity contribution in [3.8, 4) is 5.88 Å². The molecule has 1 aliphatic carbocycles. The van der Waals surface area contributed by atoms with Gasteiger partial charge < -0.3 is 14.5 Å². The van der Waals surface area contributed by atoms with Gasteiger partial charge in [0.1, 0.15) is 11.5 Å². The van der Waals surface area contributed by atoms with Crippen LogP contribution in [0.15, 0.2) is 16.5 Å². The highest BCUT2D eigenvalue weighted by atomic mass is 16.5. The molecule has 0 aliphatic heterocycles. The zero-order valence-corrected chi connectivity index (χ0v) is 13.1. The highest BCUT2D eigenvalue weighted by molar-refractivity contribution is 5.30. The van der Waals surface area contributed by atoms with Crippen molar-refractivity contribution in [1.82, 2.24) is 15.1 Å². The molecule has 0 aromatic carbocycles. The largest absolute Gasteiger partial charge is 0.481 e. The smallest absolute Gasteiger partial charge is 0.216 e. The number of hydrogen-bond acceptors (Lipinski definition) is 4. The van der Waals surface area contributed by atoms with E-state index in [1.54, 1.807) is 11.8 Å². The van der Waals surface area contributed by atoms with E-state index in [1.807, 2.05) is 14.0 Å². The molecule has 3 rings (SSSR count). The van der Waals surface area contributed by atoms with Gasteiger partial charge in [0.15, 0.2) is 0 Å². The summed E-state index contributed by atoms with van der Waals surface area (Å²) >= 11 is 0. The number of nitrogens with one attached hydrogen (secondary N) is 1. The lowest BCUT2D eigenvalue weighted by atomic mass is 10.2. The minimum atomic E-state index is 0.638. The first-order chi connectivity index (χ1) is 10.1. The number of aryl methyl sites for hydroxylation is 2. The Kier molecular flexibility index (Phi) is 3.76. The number of ether oxygens (including phenoxy) is 1. The summed E-state index contributed by atoms with van der Waals surface area (Å²) in [5.41, 5.74) is 2.09. The van der Waals surface area contributed by atoms with E-state index in [0.717, 1.165) is 47.7 Å². The fourth-order valence-corrected chi connectivity index (χ4v) is 2.86. The van der Waals surface area contributed by atoms with Crippen molar-refractivity contribution in [2.45, 2.75) is 39.3 Å². The summed E-state index contributed by atoms with van der Waals surface area (Å²) in [6, 6.07) is 4.18. The Morgan fingerprint density at radius 3 is 2.86 bits per heavy atom. The van der Waals surface area contributed by atoms with E-state index < -0.39 is 0 Å².